The van der Waals surface area contributed by atoms with Crippen LogP contribution in [0.25, 0.3) is 0 Å². The number of nitrogens with one attached hydrogen (secondary N) is 1. The van der Waals surface area contributed by atoms with Gasteiger partial charge in [0.1, 0.15) is 10.7 Å². The van der Waals surface area contributed by atoms with Crippen molar-refractivity contribution in [2.75, 3.05) is 14.2 Å². The molecule has 0 radical (unpaired) electrons. The van der Waals surface area contributed by atoms with Gasteiger partial charge in [0.05, 0.1) is 19.8 Å². The molecule has 0 spiro atoms. The first kappa shape index (κ1) is 21.0. The van der Waals surface area contributed by atoms with E-state index < -0.39 is 33.8 Å². The van der Waals surface area contributed by atoms with Gasteiger partial charge < -0.3 is 9.47 Å². The summed E-state index contributed by atoms with van der Waals surface area (Å²) in [5.74, 6) is -2.08. The fraction of sp³-hybridized carbons (Fsp3) is 0.294. The molecule has 1 aromatic heterocycles. The summed E-state index contributed by atoms with van der Waals surface area (Å²) in [5, 5.41) is 0. The molecule has 10 heteroatoms. The highest BCUT2D eigenvalue weighted by Crippen LogP contribution is 2.34. The van der Waals surface area contributed by atoms with Crippen molar-refractivity contribution in [3.63, 3.8) is 0 Å². The number of hydrogen-bond donors (Lipinski definition) is 1. The van der Waals surface area contributed by atoms with Crippen LogP contribution in [0.2, 0.25) is 0 Å². The van der Waals surface area contributed by atoms with Gasteiger partial charge in [0.25, 0.3) is 10.0 Å². The van der Waals surface area contributed by atoms with Crippen molar-refractivity contribution in [2.45, 2.75) is 24.1 Å². The maximum Gasteiger partial charge on any atom is 0.348 e. The molecule has 0 unspecified atom stereocenters. The van der Waals surface area contributed by atoms with Crippen LogP contribution in [0.15, 0.2) is 28.5 Å². The summed E-state index contributed by atoms with van der Waals surface area (Å²) in [4.78, 5) is 24.0. The molecule has 1 N–H and O–H groups in total. The molecule has 0 saturated carbocycles. The Morgan fingerprint density at radius 1 is 1.11 bits per heavy atom. The predicted octanol–water partition coefficient (Wildman–Crippen LogP) is 2.81. The predicted molar refractivity (Wildman–Crippen MR) is 96.9 cm³/mol. The topological polar surface area (TPSA) is 98.8 Å². The zero-order chi connectivity index (χ0) is 20.4. The van der Waals surface area contributed by atoms with Crippen molar-refractivity contribution < 1.29 is 31.9 Å². The minimum atomic E-state index is -4.18. The molecule has 0 aliphatic rings. The molecule has 1 heterocycles. The highest BCUT2D eigenvalue weighted by Gasteiger charge is 2.33. The average Bonchev–Trinajstić information content (AvgIpc) is 2.98. The Hall–Kier alpha value is -2.30. The van der Waals surface area contributed by atoms with Crippen molar-refractivity contribution in [3.8, 4) is 0 Å². The van der Waals surface area contributed by atoms with Crippen molar-refractivity contribution in [3.05, 3.63) is 51.7 Å². The Bertz CT molecular complexity index is 966. The van der Waals surface area contributed by atoms with Crippen molar-refractivity contribution in [1.29, 1.82) is 0 Å². The first-order valence-electron chi connectivity index (χ1n) is 7.70. The van der Waals surface area contributed by atoms with Crippen LogP contribution in [0, 0.1) is 12.7 Å². The van der Waals surface area contributed by atoms with Crippen molar-refractivity contribution in [2.24, 2.45) is 0 Å². The largest absolute Gasteiger partial charge is 0.465 e. The van der Waals surface area contributed by atoms with Crippen LogP contribution in [-0.2, 0) is 19.5 Å². The van der Waals surface area contributed by atoms with E-state index in [0.717, 1.165) is 14.2 Å². The summed E-state index contributed by atoms with van der Waals surface area (Å²) < 4.78 is 50.2. The zero-order valence-electron chi connectivity index (χ0n) is 15.0. The van der Waals surface area contributed by atoms with Gasteiger partial charge in [-0.25, -0.2) is 27.1 Å². The Labute approximate surface area is 160 Å². The summed E-state index contributed by atoms with van der Waals surface area (Å²) in [5.41, 5.74) is 0.469. The minimum Gasteiger partial charge on any atom is -0.465 e. The number of carbonyl (C=O) groups excluding carboxylic acids is 2. The van der Waals surface area contributed by atoms with Crippen LogP contribution >= 0.6 is 11.3 Å². The normalized spacial score (nSPS) is 12.5. The number of carbonyl (C=O) groups is 2. The number of rotatable bonds is 6. The van der Waals surface area contributed by atoms with Crippen LogP contribution in [0.1, 0.15) is 44.1 Å². The van der Waals surface area contributed by atoms with Gasteiger partial charge >= 0.3 is 11.9 Å². The third-order valence-corrected chi connectivity index (χ3v) is 7.15. The quantitative estimate of drug-likeness (QED) is 0.729. The van der Waals surface area contributed by atoms with E-state index in [4.69, 9.17) is 0 Å². The molecule has 2 aromatic rings. The molecule has 0 bridgehead atoms. The van der Waals surface area contributed by atoms with Gasteiger partial charge in [-0.2, -0.15) is 0 Å². The first-order chi connectivity index (χ1) is 12.6. The van der Waals surface area contributed by atoms with Crippen LogP contribution < -0.4 is 4.72 Å². The molecule has 2 rings (SSSR count). The van der Waals surface area contributed by atoms with Gasteiger partial charge in [-0.15, -0.1) is 11.3 Å². The van der Waals surface area contributed by atoms with E-state index in [2.05, 4.69) is 14.2 Å². The fourth-order valence-corrected chi connectivity index (χ4v) is 5.40. The van der Waals surface area contributed by atoms with Gasteiger partial charge in [0.15, 0.2) is 4.21 Å². The SMILES string of the molecule is COC(=O)c1sc(S(=O)(=O)N[C@H](C)c2ccc(F)cc2)c(C(=O)OC)c1C. The van der Waals surface area contributed by atoms with E-state index >= 15 is 0 Å². The average molecular weight is 415 g/mol. The lowest BCUT2D eigenvalue weighted by atomic mass is 10.1. The van der Waals surface area contributed by atoms with Crippen LogP contribution in [0.3, 0.4) is 0 Å². The Morgan fingerprint density at radius 3 is 2.19 bits per heavy atom. The monoisotopic (exact) mass is 415 g/mol. The highest BCUT2D eigenvalue weighted by molar-refractivity contribution is 7.91. The maximum atomic E-state index is 13.1. The van der Waals surface area contributed by atoms with Crippen molar-refractivity contribution in [1.82, 2.24) is 4.72 Å². The molecule has 0 fully saturated rings. The summed E-state index contributed by atoms with van der Waals surface area (Å²) in [6, 6.07) is 4.62. The van der Waals surface area contributed by atoms with Crippen LogP contribution in [0.5, 0.6) is 0 Å². The van der Waals surface area contributed by atoms with E-state index in [-0.39, 0.29) is 20.2 Å². The number of hydrogen-bond acceptors (Lipinski definition) is 7. The summed E-state index contributed by atoms with van der Waals surface area (Å²) >= 11 is 0.623. The van der Waals surface area contributed by atoms with Gasteiger partial charge in [-0.1, -0.05) is 12.1 Å². The molecule has 0 saturated heterocycles. The van der Waals surface area contributed by atoms with Crippen molar-refractivity contribution >= 4 is 33.3 Å². The third-order valence-electron chi connectivity index (χ3n) is 3.82. The number of thiophene rings is 1. The molecule has 7 nitrogen and oxygen atoms in total. The number of methoxy groups -OCH3 is 2. The number of esters is 2. The smallest absolute Gasteiger partial charge is 0.348 e. The number of benzene rings is 1. The van der Waals surface area contributed by atoms with E-state index in [1.165, 1.54) is 31.2 Å². The third kappa shape index (κ3) is 4.34. The number of sulfonamides is 1. The molecule has 0 aliphatic heterocycles. The van der Waals surface area contributed by atoms with E-state index in [0.29, 0.717) is 16.9 Å². The lowest BCUT2D eigenvalue weighted by molar-refractivity contribution is 0.0596. The molecule has 1 aromatic carbocycles. The molecular formula is C17H18FNO6S2. The Kier molecular flexibility index (Phi) is 6.34. The van der Waals surface area contributed by atoms with Gasteiger partial charge in [0.2, 0.25) is 0 Å². The summed E-state index contributed by atoms with van der Waals surface area (Å²) in [6.45, 7) is 3.02. The Balaban J connectivity index is 2.49. The first-order valence-corrected chi connectivity index (χ1v) is 10.00. The molecule has 0 amide bonds. The summed E-state index contributed by atoms with van der Waals surface area (Å²) in [7, 11) is -1.91. The van der Waals surface area contributed by atoms with Crippen LogP contribution in [0.4, 0.5) is 4.39 Å². The van der Waals surface area contributed by atoms with Gasteiger partial charge in [-0.05, 0) is 37.1 Å². The number of ether oxygens (including phenoxy) is 2. The molecular weight excluding hydrogens is 397 g/mol. The number of halogens is 1. The molecule has 27 heavy (non-hydrogen) atoms. The van der Waals surface area contributed by atoms with E-state index in [1.54, 1.807) is 6.92 Å². The maximum absolute atomic E-state index is 13.1. The standard InChI is InChI=1S/C17H18FNO6S2/c1-9-13(15(20)24-3)17(26-14(9)16(21)25-4)27(22,23)19-10(2)11-5-7-12(18)8-6-11/h5-8,10,19H,1-4H3/t10-/m1/s1. The summed E-state index contributed by atoms with van der Waals surface area (Å²) in [6.07, 6.45) is 0. The second-order valence-electron chi connectivity index (χ2n) is 5.60. The zero-order valence-corrected chi connectivity index (χ0v) is 16.7. The lowest BCUT2D eigenvalue weighted by Gasteiger charge is -2.14. The van der Waals surface area contributed by atoms with Gasteiger partial charge in [0, 0.05) is 6.04 Å². The lowest BCUT2D eigenvalue weighted by Crippen LogP contribution is -2.27. The second-order valence-corrected chi connectivity index (χ2v) is 8.53. The molecule has 1 atom stereocenters. The van der Waals surface area contributed by atoms with Crippen LogP contribution in [-0.4, -0.2) is 34.6 Å². The Morgan fingerprint density at radius 2 is 1.67 bits per heavy atom. The van der Waals surface area contributed by atoms with E-state index in [1.807, 2.05) is 0 Å². The minimum absolute atomic E-state index is 0.00675. The second kappa shape index (κ2) is 8.15. The molecule has 146 valence electrons. The fourth-order valence-electron chi connectivity index (χ4n) is 2.41. The molecule has 0 aliphatic carbocycles. The van der Waals surface area contributed by atoms with E-state index in [9.17, 15) is 22.4 Å². The van der Waals surface area contributed by atoms with Gasteiger partial charge in [-0.3, -0.25) is 0 Å². The highest BCUT2D eigenvalue weighted by atomic mass is 32.2.